The molecule has 0 unspecified atom stereocenters. The summed E-state index contributed by atoms with van der Waals surface area (Å²) in [5.41, 5.74) is 2.01. The van der Waals surface area contributed by atoms with E-state index in [2.05, 4.69) is 0 Å². The summed E-state index contributed by atoms with van der Waals surface area (Å²) in [6, 6.07) is 19.7. The highest BCUT2D eigenvalue weighted by molar-refractivity contribution is 6.46. The number of esters is 1. The third-order valence-corrected chi connectivity index (χ3v) is 6.20. The molecule has 3 aromatic carbocycles. The Bertz CT molecular complexity index is 1360. The summed E-state index contributed by atoms with van der Waals surface area (Å²) in [4.78, 5) is 39.8. The van der Waals surface area contributed by atoms with Crippen LogP contribution in [0.4, 0.5) is 0 Å². The minimum absolute atomic E-state index is 0.0431. The van der Waals surface area contributed by atoms with E-state index < -0.39 is 23.7 Å². The highest BCUT2D eigenvalue weighted by Crippen LogP contribution is 2.41. The quantitative estimate of drug-likeness (QED) is 0.253. The van der Waals surface area contributed by atoms with E-state index >= 15 is 0 Å². The average Bonchev–Trinajstić information content (AvgIpc) is 3.17. The van der Waals surface area contributed by atoms with E-state index in [1.165, 1.54) is 12.0 Å². The molecule has 1 atom stereocenters. The number of rotatable bonds is 5. The minimum Gasteiger partial charge on any atom is -0.507 e. The van der Waals surface area contributed by atoms with Crippen LogP contribution in [0.2, 0.25) is 0 Å². The van der Waals surface area contributed by atoms with Gasteiger partial charge in [-0.1, -0.05) is 42.5 Å². The van der Waals surface area contributed by atoms with Gasteiger partial charge in [0.1, 0.15) is 19.0 Å². The van der Waals surface area contributed by atoms with Crippen LogP contribution < -0.4 is 9.47 Å². The van der Waals surface area contributed by atoms with Crippen LogP contribution in [-0.4, -0.2) is 48.0 Å². The maximum atomic E-state index is 13.3. The summed E-state index contributed by atoms with van der Waals surface area (Å²) in [5, 5.41) is 11.3. The summed E-state index contributed by atoms with van der Waals surface area (Å²) in [5.74, 6) is -1.35. The van der Waals surface area contributed by atoms with E-state index in [1.54, 1.807) is 42.5 Å². The Labute approximate surface area is 207 Å². The van der Waals surface area contributed by atoms with E-state index in [0.29, 0.717) is 41.4 Å². The van der Waals surface area contributed by atoms with Crippen LogP contribution >= 0.6 is 0 Å². The molecule has 0 bridgehead atoms. The predicted octanol–water partition coefficient (Wildman–Crippen LogP) is 3.87. The molecule has 36 heavy (non-hydrogen) atoms. The number of carbonyl (C=O) groups is 3. The van der Waals surface area contributed by atoms with Gasteiger partial charge in [-0.15, -0.1) is 0 Å². The molecule has 182 valence electrons. The number of hydrogen-bond donors (Lipinski definition) is 1. The second-order valence-electron chi connectivity index (χ2n) is 8.38. The summed E-state index contributed by atoms with van der Waals surface area (Å²) in [6.45, 7) is 0.947. The Morgan fingerprint density at radius 3 is 2.31 bits per heavy atom. The zero-order valence-electron chi connectivity index (χ0n) is 19.5. The molecule has 1 N–H and O–H groups in total. The zero-order chi connectivity index (χ0) is 25.2. The number of likely N-dealkylation sites (tertiary alicyclic amines) is 1. The number of aliphatic hydroxyl groups excluding tert-OH is 1. The third-order valence-electron chi connectivity index (χ3n) is 6.20. The number of aliphatic hydroxyl groups is 1. The van der Waals surface area contributed by atoms with Crippen LogP contribution in [0.3, 0.4) is 0 Å². The number of amides is 1. The van der Waals surface area contributed by atoms with Crippen molar-refractivity contribution in [2.75, 3.05) is 20.3 Å². The van der Waals surface area contributed by atoms with E-state index in [0.717, 1.165) is 5.56 Å². The minimum atomic E-state index is -0.870. The van der Waals surface area contributed by atoms with E-state index in [9.17, 15) is 19.5 Å². The zero-order valence-corrected chi connectivity index (χ0v) is 19.5. The van der Waals surface area contributed by atoms with Crippen molar-refractivity contribution in [3.63, 3.8) is 0 Å². The van der Waals surface area contributed by atoms with Crippen molar-refractivity contribution in [1.29, 1.82) is 0 Å². The lowest BCUT2D eigenvalue weighted by molar-refractivity contribution is -0.140. The fourth-order valence-corrected chi connectivity index (χ4v) is 4.44. The van der Waals surface area contributed by atoms with Gasteiger partial charge < -0.3 is 24.2 Å². The molecule has 2 heterocycles. The molecule has 5 rings (SSSR count). The van der Waals surface area contributed by atoms with Gasteiger partial charge in [0.2, 0.25) is 0 Å². The maximum Gasteiger partial charge on any atom is 0.337 e. The molecule has 1 fully saturated rings. The lowest BCUT2D eigenvalue weighted by Crippen LogP contribution is -2.29. The topological polar surface area (TPSA) is 102 Å². The van der Waals surface area contributed by atoms with Crippen molar-refractivity contribution < 1.29 is 33.7 Å². The Morgan fingerprint density at radius 2 is 1.61 bits per heavy atom. The lowest BCUT2D eigenvalue weighted by Gasteiger charge is -2.26. The summed E-state index contributed by atoms with van der Waals surface area (Å²) < 4.78 is 15.9. The van der Waals surface area contributed by atoms with Gasteiger partial charge in [0.05, 0.1) is 24.3 Å². The smallest absolute Gasteiger partial charge is 0.337 e. The molecule has 0 saturated carbocycles. The molecule has 2 aliphatic rings. The number of hydrogen-bond acceptors (Lipinski definition) is 7. The van der Waals surface area contributed by atoms with Crippen LogP contribution in [0, 0.1) is 0 Å². The number of nitrogens with zero attached hydrogens (tertiary/aromatic N) is 1. The molecular formula is C28H23NO7. The predicted molar refractivity (Wildman–Crippen MR) is 130 cm³/mol. The first-order chi connectivity index (χ1) is 17.5. The highest BCUT2D eigenvalue weighted by atomic mass is 16.6. The standard InChI is InChI=1S/C28H23NO7/c1-34-28(33)19-9-7-18(8-10-19)24-23(25(30)20-11-12-21-22(15-20)36-14-13-35-21)26(31)27(32)29(24)16-17-5-3-2-4-6-17/h2-12,15,24,30H,13-14,16H2,1H3/b25-23+/t24-/m1/s1. The van der Waals surface area contributed by atoms with E-state index in [-0.39, 0.29) is 17.9 Å². The fourth-order valence-electron chi connectivity index (χ4n) is 4.44. The van der Waals surface area contributed by atoms with Gasteiger partial charge in [-0.2, -0.15) is 0 Å². The number of methoxy groups -OCH3 is 1. The monoisotopic (exact) mass is 485 g/mol. The molecule has 1 saturated heterocycles. The van der Waals surface area contributed by atoms with Gasteiger partial charge >= 0.3 is 5.97 Å². The second-order valence-corrected chi connectivity index (χ2v) is 8.38. The molecule has 1 amide bonds. The van der Waals surface area contributed by atoms with Gasteiger partial charge in [-0.3, -0.25) is 9.59 Å². The molecule has 8 heteroatoms. The Morgan fingerprint density at radius 1 is 0.944 bits per heavy atom. The van der Waals surface area contributed by atoms with Crippen molar-refractivity contribution in [1.82, 2.24) is 4.90 Å². The normalized spacial score (nSPS) is 18.2. The largest absolute Gasteiger partial charge is 0.507 e. The van der Waals surface area contributed by atoms with Crippen molar-refractivity contribution in [3.8, 4) is 11.5 Å². The molecule has 0 aromatic heterocycles. The average molecular weight is 485 g/mol. The van der Waals surface area contributed by atoms with Crippen molar-refractivity contribution in [2.24, 2.45) is 0 Å². The van der Waals surface area contributed by atoms with Crippen molar-refractivity contribution >= 4 is 23.4 Å². The number of benzene rings is 3. The first kappa shape index (κ1) is 23.2. The van der Waals surface area contributed by atoms with Crippen molar-refractivity contribution in [3.05, 3.63) is 101 Å². The Balaban J connectivity index is 1.62. The van der Waals surface area contributed by atoms with E-state index in [4.69, 9.17) is 14.2 Å². The first-order valence-corrected chi connectivity index (χ1v) is 11.4. The van der Waals surface area contributed by atoms with Crippen molar-refractivity contribution in [2.45, 2.75) is 12.6 Å². The summed E-state index contributed by atoms with van der Waals surface area (Å²) in [7, 11) is 1.29. The Hall–Kier alpha value is -4.59. The number of carbonyl (C=O) groups excluding carboxylic acids is 3. The lowest BCUT2D eigenvalue weighted by atomic mass is 9.94. The van der Waals surface area contributed by atoms with Gasteiger partial charge in [-0.05, 0) is 41.5 Å². The van der Waals surface area contributed by atoms with Gasteiger partial charge in [0, 0.05) is 12.1 Å². The molecule has 0 spiro atoms. The molecule has 2 aliphatic heterocycles. The van der Waals surface area contributed by atoms with Crippen LogP contribution in [0.25, 0.3) is 5.76 Å². The Kier molecular flexibility index (Phi) is 6.16. The third kappa shape index (κ3) is 4.17. The first-order valence-electron chi connectivity index (χ1n) is 11.4. The molecule has 3 aromatic rings. The van der Waals surface area contributed by atoms with Gasteiger partial charge in [-0.25, -0.2) is 4.79 Å². The molecule has 8 nitrogen and oxygen atoms in total. The maximum absolute atomic E-state index is 13.3. The number of Topliss-reactive ketones (excluding diaryl/α,β-unsaturated/α-hetero) is 1. The van der Waals surface area contributed by atoms with Crippen LogP contribution in [-0.2, 0) is 20.9 Å². The van der Waals surface area contributed by atoms with Gasteiger partial charge in [0.25, 0.3) is 11.7 Å². The highest BCUT2D eigenvalue weighted by Gasteiger charge is 2.46. The molecule has 0 radical (unpaired) electrons. The molecular weight excluding hydrogens is 462 g/mol. The number of ether oxygens (including phenoxy) is 3. The number of fused-ring (bicyclic) bond motifs is 1. The van der Waals surface area contributed by atoms with Crippen LogP contribution in [0.15, 0.2) is 78.4 Å². The second kappa shape index (κ2) is 9.58. The fraction of sp³-hybridized carbons (Fsp3) is 0.179. The summed E-state index contributed by atoms with van der Waals surface area (Å²) >= 11 is 0. The number of ketones is 1. The van der Waals surface area contributed by atoms with Gasteiger partial charge in [0.15, 0.2) is 11.5 Å². The summed E-state index contributed by atoms with van der Waals surface area (Å²) in [6.07, 6.45) is 0. The molecule has 0 aliphatic carbocycles. The van der Waals surface area contributed by atoms with Crippen LogP contribution in [0.1, 0.15) is 33.1 Å². The van der Waals surface area contributed by atoms with Crippen LogP contribution in [0.5, 0.6) is 11.5 Å². The van der Waals surface area contributed by atoms with E-state index in [1.807, 2.05) is 30.3 Å². The SMILES string of the molecule is COC(=O)c1ccc([C@@H]2/C(=C(\O)c3ccc4c(c3)OCCO4)C(=O)C(=O)N2Cc2ccccc2)cc1.